The summed E-state index contributed by atoms with van der Waals surface area (Å²) >= 11 is 11.9. The summed E-state index contributed by atoms with van der Waals surface area (Å²) in [7, 11) is 0. The summed E-state index contributed by atoms with van der Waals surface area (Å²) in [5.41, 5.74) is 1.50. The molecule has 2 fully saturated rings. The van der Waals surface area contributed by atoms with Gasteiger partial charge in [0, 0.05) is 62.4 Å². The van der Waals surface area contributed by atoms with Gasteiger partial charge in [-0.2, -0.15) is 0 Å². The van der Waals surface area contributed by atoms with Crippen LogP contribution in [0.4, 0.5) is 0 Å². The van der Waals surface area contributed by atoms with E-state index in [0.29, 0.717) is 34.7 Å². The van der Waals surface area contributed by atoms with E-state index in [1.165, 1.54) is 11.6 Å². The SMILES string of the molecule is O=C(NCC(=O)N1CCC(N2CCC3(CC2)Oc2cnccc23)C1)c1ccc(Cl)c(Cl)c1. The molecule has 168 valence electrons. The number of pyridine rings is 1. The van der Waals surface area contributed by atoms with E-state index < -0.39 is 0 Å². The van der Waals surface area contributed by atoms with Crippen molar-refractivity contribution < 1.29 is 14.3 Å². The molecule has 9 heteroatoms. The van der Waals surface area contributed by atoms with Crippen LogP contribution < -0.4 is 10.1 Å². The zero-order chi connectivity index (χ0) is 22.3. The number of nitrogens with zero attached hydrogens (tertiary/aromatic N) is 3. The fourth-order valence-electron chi connectivity index (χ4n) is 4.95. The molecule has 1 aromatic heterocycles. The Balaban J connectivity index is 1.10. The van der Waals surface area contributed by atoms with Gasteiger partial charge in [-0.05, 0) is 30.7 Å². The van der Waals surface area contributed by atoms with Gasteiger partial charge in [0.25, 0.3) is 5.91 Å². The summed E-state index contributed by atoms with van der Waals surface area (Å²) in [6.07, 6.45) is 6.47. The molecule has 1 N–H and O–H groups in total. The van der Waals surface area contributed by atoms with Gasteiger partial charge in [0.15, 0.2) is 0 Å². The van der Waals surface area contributed by atoms with Gasteiger partial charge >= 0.3 is 0 Å². The molecular weight excluding hydrogens is 451 g/mol. The van der Waals surface area contributed by atoms with E-state index in [2.05, 4.69) is 21.3 Å². The second-order valence-corrected chi connectivity index (χ2v) is 9.41. The van der Waals surface area contributed by atoms with Crippen molar-refractivity contribution in [2.75, 3.05) is 32.7 Å². The first kappa shape index (κ1) is 21.5. The molecule has 0 saturated carbocycles. The molecule has 3 aliphatic heterocycles. The highest BCUT2D eigenvalue weighted by atomic mass is 35.5. The number of hydrogen-bond donors (Lipinski definition) is 1. The van der Waals surface area contributed by atoms with Crippen molar-refractivity contribution in [2.24, 2.45) is 0 Å². The van der Waals surface area contributed by atoms with Crippen molar-refractivity contribution in [1.82, 2.24) is 20.1 Å². The molecule has 2 amide bonds. The molecule has 1 unspecified atom stereocenters. The van der Waals surface area contributed by atoms with Gasteiger partial charge in [-0.3, -0.25) is 19.5 Å². The van der Waals surface area contributed by atoms with Crippen molar-refractivity contribution in [3.8, 4) is 5.75 Å². The summed E-state index contributed by atoms with van der Waals surface area (Å²) in [6, 6.07) is 7.07. The van der Waals surface area contributed by atoms with Crippen LogP contribution in [0.15, 0.2) is 36.7 Å². The third-order valence-corrected chi connectivity index (χ3v) is 7.54. The molecule has 1 spiro atoms. The van der Waals surface area contributed by atoms with Crippen LogP contribution in [0.2, 0.25) is 10.0 Å². The second-order valence-electron chi connectivity index (χ2n) is 8.60. The topological polar surface area (TPSA) is 74.8 Å². The Morgan fingerprint density at radius 2 is 1.97 bits per heavy atom. The lowest BCUT2D eigenvalue weighted by atomic mass is 9.80. The smallest absolute Gasteiger partial charge is 0.251 e. The van der Waals surface area contributed by atoms with Gasteiger partial charge in [0.2, 0.25) is 5.91 Å². The Kier molecular flexibility index (Phi) is 5.73. The molecule has 7 nitrogen and oxygen atoms in total. The lowest BCUT2D eigenvalue weighted by molar-refractivity contribution is -0.129. The van der Waals surface area contributed by atoms with E-state index in [-0.39, 0.29) is 24.0 Å². The van der Waals surface area contributed by atoms with Gasteiger partial charge in [-0.1, -0.05) is 23.2 Å². The number of aromatic nitrogens is 1. The van der Waals surface area contributed by atoms with E-state index in [9.17, 15) is 9.59 Å². The van der Waals surface area contributed by atoms with Crippen LogP contribution in [0.5, 0.6) is 5.75 Å². The van der Waals surface area contributed by atoms with Crippen LogP contribution in [-0.4, -0.2) is 65.4 Å². The van der Waals surface area contributed by atoms with E-state index in [1.54, 1.807) is 18.3 Å². The van der Waals surface area contributed by atoms with Crippen molar-refractivity contribution in [2.45, 2.75) is 30.9 Å². The van der Waals surface area contributed by atoms with Crippen LogP contribution in [0.1, 0.15) is 35.2 Å². The lowest BCUT2D eigenvalue weighted by Crippen LogP contribution is -2.53. The molecule has 4 heterocycles. The number of likely N-dealkylation sites (tertiary alicyclic amines) is 2. The number of piperidine rings is 1. The molecule has 0 aliphatic carbocycles. The number of carbonyl (C=O) groups excluding carboxylic acids is 2. The zero-order valence-electron chi connectivity index (χ0n) is 17.5. The molecule has 0 bridgehead atoms. The molecule has 0 radical (unpaired) electrons. The zero-order valence-corrected chi connectivity index (χ0v) is 19.0. The van der Waals surface area contributed by atoms with Gasteiger partial charge in [0.05, 0.1) is 22.8 Å². The summed E-state index contributed by atoms with van der Waals surface area (Å²) in [5.74, 6) is 0.490. The number of rotatable bonds is 4. The van der Waals surface area contributed by atoms with E-state index in [4.69, 9.17) is 27.9 Å². The van der Waals surface area contributed by atoms with E-state index >= 15 is 0 Å². The number of fused-ring (bicyclic) bond motifs is 2. The second kappa shape index (κ2) is 8.54. The van der Waals surface area contributed by atoms with Crippen molar-refractivity contribution >= 4 is 35.0 Å². The maximum atomic E-state index is 12.6. The molecule has 5 rings (SSSR count). The van der Waals surface area contributed by atoms with Gasteiger partial charge < -0.3 is 15.0 Å². The third kappa shape index (κ3) is 3.93. The number of amides is 2. The van der Waals surface area contributed by atoms with Crippen LogP contribution in [-0.2, 0) is 10.4 Å². The number of carbonyl (C=O) groups is 2. The predicted molar refractivity (Wildman–Crippen MR) is 121 cm³/mol. The van der Waals surface area contributed by atoms with Crippen LogP contribution in [0.25, 0.3) is 0 Å². The quantitative estimate of drug-likeness (QED) is 0.736. The van der Waals surface area contributed by atoms with Crippen molar-refractivity contribution in [3.63, 3.8) is 0 Å². The molecule has 3 aliphatic rings. The fraction of sp³-hybridized carbons (Fsp3) is 0.435. The Morgan fingerprint density at radius 1 is 1.16 bits per heavy atom. The van der Waals surface area contributed by atoms with Crippen molar-refractivity contribution in [1.29, 1.82) is 0 Å². The minimum Gasteiger partial charge on any atom is -0.480 e. The summed E-state index contributed by atoms with van der Waals surface area (Å²) < 4.78 is 6.08. The lowest BCUT2D eigenvalue weighted by Gasteiger charge is -2.49. The molecule has 2 saturated heterocycles. The normalized spacial score (nSPS) is 21.6. The number of ether oxygens (including phenoxy) is 1. The standard InChI is InChI=1S/C23H24Cl2N4O3/c24-18-2-1-15(11-19(18)25)22(31)27-13-21(30)29-8-4-16(14-29)28-9-5-23(6-10-28)17-3-7-26-12-20(17)32-23/h1-3,7,11-12,16H,4-6,8-10,13-14H2,(H,27,31). The van der Waals surface area contributed by atoms with Crippen LogP contribution in [0, 0.1) is 0 Å². The fourth-order valence-corrected chi connectivity index (χ4v) is 5.25. The largest absolute Gasteiger partial charge is 0.480 e. The molecule has 2 aromatic rings. The van der Waals surface area contributed by atoms with Crippen LogP contribution in [0.3, 0.4) is 0 Å². The molecule has 32 heavy (non-hydrogen) atoms. The van der Waals surface area contributed by atoms with E-state index in [0.717, 1.165) is 38.1 Å². The monoisotopic (exact) mass is 474 g/mol. The Labute approximate surface area is 196 Å². The Morgan fingerprint density at radius 3 is 2.72 bits per heavy atom. The van der Waals surface area contributed by atoms with Gasteiger partial charge in [-0.15, -0.1) is 0 Å². The summed E-state index contributed by atoms with van der Waals surface area (Å²) in [6.45, 7) is 3.26. The Hall–Kier alpha value is -2.35. The predicted octanol–water partition coefficient (Wildman–Crippen LogP) is 3.10. The highest BCUT2D eigenvalue weighted by Crippen LogP contribution is 2.49. The first-order valence-electron chi connectivity index (χ1n) is 10.8. The number of benzene rings is 1. The number of halogens is 2. The van der Waals surface area contributed by atoms with Gasteiger partial charge in [0.1, 0.15) is 11.4 Å². The van der Waals surface area contributed by atoms with E-state index in [1.807, 2.05) is 11.1 Å². The first-order chi connectivity index (χ1) is 15.4. The first-order valence-corrected chi connectivity index (χ1v) is 11.6. The minimum atomic E-state index is -0.343. The maximum Gasteiger partial charge on any atom is 0.251 e. The molecular formula is C23H24Cl2N4O3. The molecule has 1 aromatic carbocycles. The average molecular weight is 475 g/mol. The molecule has 1 atom stereocenters. The Bertz CT molecular complexity index is 1060. The maximum absolute atomic E-state index is 12.6. The summed E-state index contributed by atoms with van der Waals surface area (Å²) in [4.78, 5) is 33.4. The van der Waals surface area contributed by atoms with Crippen molar-refractivity contribution in [3.05, 3.63) is 57.8 Å². The van der Waals surface area contributed by atoms with Gasteiger partial charge in [-0.25, -0.2) is 0 Å². The highest BCUT2D eigenvalue weighted by Gasteiger charge is 2.48. The average Bonchev–Trinajstić information content (AvgIpc) is 3.29. The number of hydrogen-bond acceptors (Lipinski definition) is 5. The third-order valence-electron chi connectivity index (χ3n) is 6.80. The minimum absolute atomic E-state index is 0.0342. The number of nitrogens with one attached hydrogen (secondary N) is 1. The highest BCUT2D eigenvalue weighted by molar-refractivity contribution is 6.42. The summed E-state index contributed by atoms with van der Waals surface area (Å²) in [5, 5.41) is 3.38. The van der Waals surface area contributed by atoms with Crippen LogP contribution >= 0.6 is 23.2 Å².